The molecule has 0 bridgehead atoms. The Labute approximate surface area is 151 Å². The topological polar surface area (TPSA) is 53.1 Å². The number of fused-ring (bicyclic) bond motifs is 1. The van der Waals surface area contributed by atoms with E-state index in [9.17, 15) is 0 Å². The van der Waals surface area contributed by atoms with Crippen molar-refractivity contribution in [1.29, 1.82) is 0 Å². The quantitative estimate of drug-likeness (QED) is 0.825. The van der Waals surface area contributed by atoms with Crippen LogP contribution in [0.3, 0.4) is 0 Å². The molecule has 5 heteroatoms. The highest BCUT2D eigenvalue weighted by atomic mass is 15.1. The van der Waals surface area contributed by atoms with Gasteiger partial charge in [-0.25, -0.2) is 9.97 Å². The van der Waals surface area contributed by atoms with Gasteiger partial charge in [-0.15, -0.1) is 0 Å². The summed E-state index contributed by atoms with van der Waals surface area (Å²) in [5.74, 6) is 3.50. The predicted molar refractivity (Wildman–Crippen MR) is 102 cm³/mol. The van der Waals surface area contributed by atoms with Gasteiger partial charge < -0.3 is 15.5 Å². The number of hydrogen-bond donors (Lipinski definition) is 2. The normalized spacial score (nSPS) is 24.9. The molecule has 2 aliphatic heterocycles. The van der Waals surface area contributed by atoms with Crippen LogP contribution < -0.4 is 10.6 Å². The Balaban J connectivity index is 1.39. The number of piperidine rings is 1. The average molecular weight is 342 g/mol. The fourth-order valence-corrected chi connectivity index (χ4v) is 4.53. The van der Waals surface area contributed by atoms with Gasteiger partial charge in [0.1, 0.15) is 11.6 Å². The van der Waals surface area contributed by atoms with E-state index in [-0.39, 0.29) is 0 Å². The standard InChI is InChI=1S/C20H31N5/c1-21-20-17-7-10-22-13-18(17)23-19(24-20)16-8-11-25(12-9-16)14-15-5-3-2-4-6-15/h2-3,15-16,22H,4-14H2,1H3,(H,21,23,24). The van der Waals surface area contributed by atoms with E-state index < -0.39 is 0 Å². The number of rotatable bonds is 4. The van der Waals surface area contributed by atoms with Gasteiger partial charge in [-0.2, -0.15) is 0 Å². The molecule has 3 heterocycles. The Kier molecular flexibility index (Phi) is 5.32. The first-order valence-electron chi connectivity index (χ1n) is 9.99. The van der Waals surface area contributed by atoms with E-state index in [4.69, 9.17) is 9.97 Å². The minimum absolute atomic E-state index is 0.516. The summed E-state index contributed by atoms with van der Waals surface area (Å²) in [5, 5.41) is 6.74. The highest BCUT2D eigenvalue weighted by Gasteiger charge is 2.26. The first kappa shape index (κ1) is 17.0. The van der Waals surface area contributed by atoms with Crippen molar-refractivity contribution in [3.05, 3.63) is 29.2 Å². The molecule has 4 rings (SSSR count). The number of nitrogens with zero attached hydrogens (tertiary/aromatic N) is 3. The zero-order valence-electron chi connectivity index (χ0n) is 15.4. The summed E-state index contributed by atoms with van der Waals surface area (Å²) in [4.78, 5) is 12.5. The zero-order valence-corrected chi connectivity index (χ0v) is 15.4. The Morgan fingerprint density at radius 2 is 2.08 bits per heavy atom. The van der Waals surface area contributed by atoms with Crippen LogP contribution >= 0.6 is 0 Å². The fraction of sp³-hybridized carbons (Fsp3) is 0.700. The maximum Gasteiger partial charge on any atom is 0.134 e. The molecule has 2 N–H and O–H groups in total. The molecule has 0 amide bonds. The van der Waals surface area contributed by atoms with E-state index in [1.54, 1.807) is 0 Å². The van der Waals surface area contributed by atoms with E-state index >= 15 is 0 Å². The molecular formula is C20H31N5. The fourth-order valence-electron chi connectivity index (χ4n) is 4.53. The molecule has 0 radical (unpaired) electrons. The van der Waals surface area contributed by atoms with Crippen LogP contribution in [0.1, 0.15) is 55.1 Å². The van der Waals surface area contributed by atoms with E-state index in [2.05, 4.69) is 27.7 Å². The lowest BCUT2D eigenvalue weighted by Gasteiger charge is -2.34. The van der Waals surface area contributed by atoms with Crippen LogP contribution in [0.15, 0.2) is 12.2 Å². The zero-order chi connectivity index (χ0) is 17.1. The van der Waals surface area contributed by atoms with Crippen LogP contribution in [-0.4, -0.2) is 48.1 Å². The van der Waals surface area contributed by atoms with Crippen LogP contribution in [0, 0.1) is 5.92 Å². The second-order valence-electron chi connectivity index (χ2n) is 7.76. The van der Waals surface area contributed by atoms with Crippen molar-refractivity contribution in [2.24, 2.45) is 5.92 Å². The largest absolute Gasteiger partial charge is 0.373 e. The molecule has 1 aromatic rings. The van der Waals surface area contributed by atoms with Gasteiger partial charge in [0.05, 0.1) is 5.69 Å². The van der Waals surface area contributed by atoms with Crippen molar-refractivity contribution >= 4 is 5.82 Å². The number of aromatic nitrogens is 2. The first-order chi connectivity index (χ1) is 12.3. The van der Waals surface area contributed by atoms with Crippen LogP contribution in [0.2, 0.25) is 0 Å². The second kappa shape index (κ2) is 7.83. The molecule has 0 spiro atoms. The van der Waals surface area contributed by atoms with E-state index in [0.29, 0.717) is 5.92 Å². The second-order valence-corrected chi connectivity index (χ2v) is 7.76. The summed E-state index contributed by atoms with van der Waals surface area (Å²) in [6, 6.07) is 0. The molecule has 1 saturated heterocycles. The highest BCUT2D eigenvalue weighted by Crippen LogP contribution is 2.30. The third-order valence-corrected chi connectivity index (χ3v) is 6.04. The van der Waals surface area contributed by atoms with E-state index in [1.807, 2.05) is 7.05 Å². The molecule has 1 aliphatic carbocycles. The number of allylic oxidation sites excluding steroid dienone is 2. The molecule has 5 nitrogen and oxygen atoms in total. The van der Waals surface area contributed by atoms with Crippen molar-refractivity contribution in [3.8, 4) is 0 Å². The molecule has 0 aromatic carbocycles. The molecule has 25 heavy (non-hydrogen) atoms. The minimum Gasteiger partial charge on any atom is -0.373 e. The molecule has 3 aliphatic rings. The number of anilines is 1. The summed E-state index contributed by atoms with van der Waals surface area (Å²) in [7, 11) is 1.98. The number of hydrogen-bond acceptors (Lipinski definition) is 5. The average Bonchev–Trinajstić information content (AvgIpc) is 2.68. The van der Waals surface area contributed by atoms with E-state index in [0.717, 1.165) is 37.1 Å². The Morgan fingerprint density at radius 1 is 1.20 bits per heavy atom. The molecule has 1 fully saturated rings. The van der Waals surface area contributed by atoms with Gasteiger partial charge >= 0.3 is 0 Å². The van der Waals surface area contributed by atoms with Crippen molar-refractivity contribution in [2.75, 3.05) is 38.5 Å². The Bertz CT molecular complexity index is 602. The summed E-state index contributed by atoms with van der Waals surface area (Å²) >= 11 is 0. The van der Waals surface area contributed by atoms with Gasteiger partial charge in [0.2, 0.25) is 0 Å². The molecule has 136 valence electrons. The lowest BCUT2D eigenvalue weighted by Crippen LogP contribution is -2.37. The SMILES string of the molecule is CNc1nc(C2CCN(CC3CC=CCC3)CC2)nc2c1CCNC2. The molecule has 1 aromatic heterocycles. The lowest BCUT2D eigenvalue weighted by molar-refractivity contribution is 0.175. The Hall–Kier alpha value is -1.46. The van der Waals surface area contributed by atoms with Gasteiger partial charge in [0.15, 0.2) is 0 Å². The van der Waals surface area contributed by atoms with Crippen LogP contribution in [0.25, 0.3) is 0 Å². The Morgan fingerprint density at radius 3 is 2.84 bits per heavy atom. The monoisotopic (exact) mass is 341 g/mol. The van der Waals surface area contributed by atoms with Crippen molar-refractivity contribution < 1.29 is 0 Å². The number of nitrogens with one attached hydrogen (secondary N) is 2. The number of likely N-dealkylation sites (tertiary alicyclic amines) is 1. The van der Waals surface area contributed by atoms with Gasteiger partial charge in [-0.05, 0) is 64.1 Å². The highest BCUT2D eigenvalue weighted by molar-refractivity contribution is 5.47. The van der Waals surface area contributed by atoms with Gasteiger partial charge in [-0.3, -0.25) is 0 Å². The van der Waals surface area contributed by atoms with E-state index in [1.165, 1.54) is 63.0 Å². The van der Waals surface area contributed by atoms with Gasteiger partial charge in [0.25, 0.3) is 0 Å². The maximum atomic E-state index is 4.95. The van der Waals surface area contributed by atoms with Crippen LogP contribution in [0.5, 0.6) is 0 Å². The van der Waals surface area contributed by atoms with Crippen molar-refractivity contribution in [2.45, 2.75) is 51.0 Å². The van der Waals surface area contributed by atoms with Crippen molar-refractivity contribution in [3.63, 3.8) is 0 Å². The first-order valence-corrected chi connectivity index (χ1v) is 9.99. The van der Waals surface area contributed by atoms with Crippen molar-refractivity contribution in [1.82, 2.24) is 20.2 Å². The third-order valence-electron chi connectivity index (χ3n) is 6.04. The van der Waals surface area contributed by atoms with Crippen LogP contribution in [0.4, 0.5) is 5.82 Å². The molecule has 1 atom stereocenters. The maximum absolute atomic E-state index is 4.95. The summed E-state index contributed by atoms with van der Waals surface area (Å²) < 4.78 is 0. The summed E-state index contributed by atoms with van der Waals surface area (Å²) in [6.45, 7) is 5.57. The van der Waals surface area contributed by atoms with Gasteiger partial charge in [-0.1, -0.05) is 12.2 Å². The summed E-state index contributed by atoms with van der Waals surface area (Å²) in [5.41, 5.74) is 2.52. The molecule has 0 saturated carbocycles. The lowest BCUT2D eigenvalue weighted by atomic mass is 9.91. The smallest absolute Gasteiger partial charge is 0.134 e. The van der Waals surface area contributed by atoms with Gasteiger partial charge in [0, 0.05) is 31.6 Å². The third kappa shape index (κ3) is 3.87. The summed E-state index contributed by atoms with van der Waals surface area (Å²) in [6.07, 6.45) is 12.0. The predicted octanol–water partition coefficient (Wildman–Crippen LogP) is 2.70. The minimum atomic E-state index is 0.516. The molecule has 1 unspecified atom stereocenters. The molecular weight excluding hydrogens is 310 g/mol. The van der Waals surface area contributed by atoms with Crippen LogP contribution in [-0.2, 0) is 13.0 Å².